The van der Waals surface area contributed by atoms with Gasteiger partial charge in [0.1, 0.15) is 4.32 Å². The minimum atomic E-state index is -0.686. The van der Waals surface area contributed by atoms with Gasteiger partial charge in [-0.05, 0) is 25.5 Å². The molecule has 22 heavy (non-hydrogen) atoms. The Morgan fingerprint density at radius 3 is 2.77 bits per heavy atom. The molecule has 120 valence electrons. The summed E-state index contributed by atoms with van der Waals surface area (Å²) < 4.78 is 0.646. The smallest absolute Gasteiger partial charge is 0.234 e. The van der Waals surface area contributed by atoms with Crippen molar-refractivity contribution >= 4 is 46.0 Å². The molecule has 6 heteroatoms. The molecule has 1 aromatic carbocycles. The third kappa shape index (κ3) is 4.25. The van der Waals surface area contributed by atoms with Gasteiger partial charge in [-0.25, -0.2) is 0 Å². The molecule has 0 saturated carbocycles. The first kappa shape index (κ1) is 17.8. The molecule has 1 saturated heterocycles. The number of amides is 1. The Balaban J connectivity index is 2.07. The Morgan fingerprint density at radius 1 is 1.50 bits per heavy atom. The van der Waals surface area contributed by atoms with Gasteiger partial charge in [0.05, 0.1) is 12.0 Å². The van der Waals surface area contributed by atoms with E-state index in [1.807, 2.05) is 30.3 Å². The van der Waals surface area contributed by atoms with Gasteiger partial charge in [-0.1, -0.05) is 49.1 Å². The number of aliphatic hydroxyl groups is 1. The minimum absolute atomic E-state index is 0.0414. The van der Waals surface area contributed by atoms with Gasteiger partial charge in [-0.2, -0.15) is 0 Å². The highest BCUT2D eigenvalue weighted by atomic mass is 32.2. The van der Waals surface area contributed by atoms with E-state index in [9.17, 15) is 9.90 Å². The number of thiocarbonyl (C=S) groups is 1. The number of hydrogen-bond donors (Lipinski definition) is 1. The van der Waals surface area contributed by atoms with Gasteiger partial charge in [0, 0.05) is 22.4 Å². The lowest BCUT2D eigenvalue weighted by Gasteiger charge is -2.28. The topological polar surface area (TPSA) is 40.5 Å². The zero-order valence-electron chi connectivity index (χ0n) is 12.8. The van der Waals surface area contributed by atoms with Gasteiger partial charge in [-0.3, -0.25) is 9.69 Å². The summed E-state index contributed by atoms with van der Waals surface area (Å²) in [6.07, 6.45) is 0.201. The third-order valence-corrected chi connectivity index (χ3v) is 6.42. The van der Waals surface area contributed by atoms with Crippen molar-refractivity contribution < 1.29 is 9.90 Å². The molecule has 0 spiro atoms. The molecule has 0 unspecified atom stereocenters. The summed E-state index contributed by atoms with van der Waals surface area (Å²) in [5.41, 5.74) is 0. The molecule has 1 fully saturated rings. The molecule has 2 rings (SSSR count). The first-order chi connectivity index (χ1) is 10.5. The average Bonchev–Trinajstić information content (AvgIpc) is 2.88. The van der Waals surface area contributed by atoms with Crippen molar-refractivity contribution in [1.29, 1.82) is 0 Å². The van der Waals surface area contributed by atoms with Gasteiger partial charge >= 0.3 is 0 Å². The van der Waals surface area contributed by atoms with Crippen molar-refractivity contribution in [3.05, 3.63) is 30.3 Å². The maximum absolute atomic E-state index is 12.8. The molecule has 1 N–H and O–H groups in total. The molecule has 3 nitrogen and oxygen atoms in total. The van der Waals surface area contributed by atoms with E-state index >= 15 is 0 Å². The summed E-state index contributed by atoms with van der Waals surface area (Å²) in [6.45, 7) is 3.75. The van der Waals surface area contributed by atoms with Crippen LogP contribution in [0, 0.1) is 5.92 Å². The van der Waals surface area contributed by atoms with E-state index in [2.05, 4.69) is 6.92 Å². The van der Waals surface area contributed by atoms with Gasteiger partial charge in [0.15, 0.2) is 0 Å². The van der Waals surface area contributed by atoms with Crippen LogP contribution >= 0.6 is 35.7 Å². The summed E-state index contributed by atoms with van der Waals surface area (Å²) in [5.74, 6) is 0.941. The van der Waals surface area contributed by atoms with Crippen LogP contribution in [0.25, 0.3) is 0 Å². The molecular formula is C16H21NO2S3. The quantitative estimate of drug-likeness (QED) is 0.625. The second kappa shape index (κ2) is 8.34. The Morgan fingerprint density at radius 2 is 2.18 bits per heavy atom. The lowest BCUT2D eigenvalue weighted by atomic mass is 10.0. The second-order valence-electron chi connectivity index (χ2n) is 5.32. The molecule has 0 aromatic heterocycles. The first-order valence-electron chi connectivity index (χ1n) is 7.40. The predicted molar refractivity (Wildman–Crippen MR) is 98.3 cm³/mol. The minimum Gasteiger partial charge on any atom is -0.393 e. The number of carbonyl (C=O) groups excluding carboxylic acids is 1. The van der Waals surface area contributed by atoms with Crippen LogP contribution < -0.4 is 0 Å². The highest BCUT2D eigenvalue weighted by Gasteiger charge is 2.37. The average molecular weight is 356 g/mol. The van der Waals surface area contributed by atoms with Crippen molar-refractivity contribution in [1.82, 2.24) is 4.90 Å². The van der Waals surface area contributed by atoms with E-state index in [0.717, 1.165) is 17.1 Å². The highest BCUT2D eigenvalue weighted by molar-refractivity contribution is 8.23. The van der Waals surface area contributed by atoms with Crippen LogP contribution in [0.4, 0.5) is 0 Å². The monoisotopic (exact) mass is 355 g/mol. The summed E-state index contributed by atoms with van der Waals surface area (Å²) in [6, 6.07) is 10.1. The number of nitrogens with zero attached hydrogens (tertiary/aromatic N) is 1. The number of aliphatic hydroxyl groups excluding tert-OH is 1. The number of rotatable bonds is 6. The fourth-order valence-electron chi connectivity index (χ4n) is 2.33. The molecule has 1 aliphatic rings. The number of hydrogen-bond acceptors (Lipinski definition) is 5. The Hall–Kier alpha value is -0.560. The van der Waals surface area contributed by atoms with Crippen molar-refractivity contribution in [2.45, 2.75) is 37.3 Å². The van der Waals surface area contributed by atoms with Crippen LogP contribution in [0.2, 0.25) is 0 Å². The van der Waals surface area contributed by atoms with Crippen molar-refractivity contribution in [3.8, 4) is 0 Å². The SMILES string of the molecule is CC[C@@H]1CSC(=S)N1C(=O)[C@@H](CSc1ccccc1)[C@@H](C)O. The summed E-state index contributed by atoms with van der Waals surface area (Å²) in [7, 11) is 0. The molecule has 1 amide bonds. The molecule has 0 bridgehead atoms. The van der Waals surface area contributed by atoms with Crippen LogP contribution in [0.3, 0.4) is 0 Å². The van der Waals surface area contributed by atoms with Crippen LogP contribution in [0.5, 0.6) is 0 Å². The predicted octanol–water partition coefficient (Wildman–Crippen LogP) is 3.41. The van der Waals surface area contributed by atoms with Crippen LogP contribution in [-0.2, 0) is 4.79 Å². The fourth-order valence-corrected chi connectivity index (χ4v) is 5.01. The standard InChI is InChI=1S/C16H21NO2S3/c1-3-12-9-22-16(20)17(12)15(19)14(11(2)18)10-21-13-7-5-4-6-8-13/h4-8,11-12,14,18H,3,9-10H2,1-2H3/t11-,12-,14+/m1/s1. The fraction of sp³-hybridized carbons (Fsp3) is 0.500. The van der Waals surface area contributed by atoms with E-state index in [4.69, 9.17) is 12.2 Å². The van der Waals surface area contributed by atoms with Crippen molar-refractivity contribution in [3.63, 3.8) is 0 Å². The van der Waals surface area contributed by atoms with E-state index < -0.39 is 12.0 Å². The molecular weight excluding hydrogens is 334 g/mol. The van der Waals surface area contributed by atoms with E-state index in [0.29, 0.717) is 10.1 Å². The van der Waals surface area contributed by atoms with Crippen molar-refractivity contribution in [2.24, 2.45) is 5.92 Å². The zero-order chi connectivity index (χ0) is 16.1. The van der Waals surface area contributed by atoms with Crippen molar-refractivity contribution in [2.75, 3.05) is 11.5 Å². The molecule has 3 atom stereocenters. The largest absolute Gasteiger partial charge is 0.393 e. The molecule has 1 aliphatic heterocycles. The van der Waals surface area contributed by atoms with Gasteiger partial charge in [0.2, 0.25) is 5.91 Å². The number of benzene rings is 1. The van der Waals surface area contributed by atoms with Crippen LogP contribution in [0.1, 0.15) is 20.3 Å². The summed E-state index contributed by atoms with van der Waals surface area (Å²) >= 11 is 8.48. The summed E-state index contributed by atoms with van der Waals surface area (Å²) in [4.78, 5) is 15.7. The normalized spacial score (nSPS) is 21.0. The van der Waals surface area contributed by atoms with Gasteiger partial charge in [0.25, 0.3) is 0 Å². The highest BCUT2D eigenvalue weighted by Crippen LogP contribution is 2.30. The molecule has 1 aromatic rings. The van der Waals surface area contributed by atoms with E-state index in [1.54, 1.807) is 35.3 Å². The van der Waals surface area contributed by atoms with Crippen LogP contribution in [0.15, 0.2) is 35.2 Å². The Bertz CT molecular complexity index is 521. The zero-order valence-corrected chi connectivity index (χ0v) is 15.2. The maximum Gasteiger partial charge on any atom is 0.234 e. The second-order valence-corrected chi connectivity index (χ2v) is 8.07. The maximum atomic E-state index is 12.8. The third-order valence-electron chi connectivity index (χ3n) is 3.74. The van der Waals surface area contributed by atoms with Gasteiger partial charge < -0.3 is 5.11 Å². The number of thioether (sulfide) groups is 2. The molecule has 0 aliphatic carbocycles. The van der Waals surface area contributed by atoms with E-state index in [1.165, 1.54) is 0 Å². The first-order valence-corrected chi connectivity index (χ1v) is 9.78. The Kier molecular flexibility index (Phi) is 6.74. The number of carbonyl (C=O) groups is 1. The molecule has 1 heterocycles. The summed E-state index contributed by atoms with van der Waals surface area (Å²) in [5, 5.41) is 10.1. The van der Waals surface area contributed by atoms with E-state index in [-0.39, 0.29) is 11.9 Å². The van der Waals surface area contributed by atoms with Gasteiger partial charge in [-0.15, -0.1) is 11.8 Å². The Labute approximate surface area is 145 Å². The lowest BCUT2D eigenvalue weighted by molar-refractivity contribution is -0.134. The van der Waals surface area contributed by atoms with Crippen LogP contribution in [-0.4, -0.2) is 43.9 Å². The lowest BCUT2D eigenvalue weighted by Crippen LogP contribution is -2.45. The molecule has 0 radical (unpaired) electrons.